The van der Waals surface area contributed by atoms with Crippen molar-refractivity contribution >= 4 is 29.0 Å². The maximum absolute atomic E-state index is 13.5. The second-order valence-electron chi connectivity index (χ2n) is 9.26. The SMILES string of the molecule is Cc1cnc(NC2CCCCC2NC(=O)c2ccc(F)c(Cl)c2)cc1N(C)CCc1ccccc1. The van der Waals surface area contributed by atoms with Crippen molar-refractivity contribution in [2.45, 2.75) is 51.1 Å². The number of nitrogens with one attached hydrogen (secondary N) is 2. The van der Waals surface area contributed by atoms with Crippen molar-refractivity contribution in [3.63, 3.8) is 0 Å². The normalized spacial score (nSPS) is 17.6. The quantitative estimate of drug-likeness (QED) is 0.402. The van der Waals surface area contributed by atoms with Gasteiger partial charge in [0.25, 0.3) is 5.91 Å². The van der Waals surface area contributed by atoms with Crippen LogP contribution in [0.5, 0.6) is 0 Å². The highest BCUT2D eigenvalue weighted by Crippen LogP contribution is 2.26. The zero-order valence-electron chi connectivity index (χ0n) is 20.2. The summed E-state index contributed by atoms with van der Waals surface area (Å²) in [6.07, 6.45) is 6.79. The molecule has 2 atom stereocenters. The second-order valence-corrected chi connectivity index (χ2v) is 9.66. The van der Waals surface area contributed by atoms with Gasteiger partial charge in [0.1, 0.15) is 11.6 Å². The van der Waals surface area contributed by atoms with Crippen LogP contribution in [0.25, 0.3) is 0 Å². The summed E-state index contributed by atoms with van der Waals surface area (Å²) in [7, 11) is 2.10. The number of rotatable bonds is 8. The van der Waals surface area contributed by atoms with E-state index in [2.05, 4.69) is 64.8 Å². The largest absolute Gasteiger partial charge is 0.374 e. The number of hydrogen-bond acceptors (Lipinski definition) is 4. The van der Waals surface area contributed by atoms with Crippen LogP contribution < -0.4 is 15.5 Å². The number of nitrogens with zero attached hydrogens (tertiary/aromatic N) is 2. The highest BCUT2D eigenvalue weighted by Gasteiger charge is 2.27. The average molecular weight is 495 g/mol. The lowest BCUT2D eigenvalue weighted by molar-refractivity contribution is 0.0923. The molecule has 7 heteroatoms. The van der Waals surface area contributed by atoms with Gasteiger partial charge in [0.15, 0.2) is 0 Å². The van der Waals surface area contributed by atoms with Gasteiger partial charge in [-0.25, -0.2) is 9.37 Å². The summed E-state index contributed by atoms with van der Waals surface area (Å²) in [4.78, 5) is 19.7. The molecule has 0 saturated heterocycles. The van der Waals surface area contributed by atoms with Crippen LogP contribution in [0.2, 0.25) is 5.02 Å². The van der Waals surface area contributed by atoms with Crippen LogP contribution in [-0.2, 0) is 6.42 Å². The molecule has 2 N–H and O–H groups in total. The van der Waals surface area contributed by atoms with Crippen molar-refractivity contribution in [2.24, 2.45) is 0 Å². The molecule has 0 bridgehead atoms. The highest BCUT2D eigenvalue weighted by molar-refractivity contribution is 6.31. The number of benzene rings is 2. The molecule has 0 radical (unpaired) electrons. The molecule has 0 aliphatic heterocycles. The number of aryl methyl sites for hydroxylation is 1. The Kier molecular flexibility index (Phi) is 8.24. The monoisotopic (exact) mass is 494 g/mol. The molecule has 35 heavy (non-hydrogen) atoms. The van der Waals surface area contributed by atoms with Crippen molar-refractivity contribution in [3.05, 3.63) is 88.3 Å². The molecule has 2 aromatic carbocycles. The fraction of sp³-hybridized carbons (Fsp3) is 0.357. The van der Waals surface area contributed by atoms with Crippen LogP contribution in [0.15, 0.2) is 60.8 Å². The topological polar surface area (TPSA) is 57.3 Å². The highest BCUT2D eigenvalue weighted by atomic mass is 35.5. The van der Waals surface area contributed by atoms with E-state index in [9.17, 15) is 9.18 Å². The third kappa shape index (κ3) is 6.51. The maximum atomic E-state index is 13.5. The molecule has 1 saturated carbocycles. The van der Waals surface area contributed by atoms with Crippen molar-refractivity contribution < 1.29 is 9.18 Å². The minimum absolute atomic E-state index is 0.0521. The molecule has 5 nitrogen and oxygen atoms in total. The summed E-state index contributed by atoms with van der Waals surface area (Å²) in [5.41, 5.74) is 3.92. The van der Waals surface area contributed by atoms with Gasteiger partial charge in [-0.05, 0) is 55.5 Å². The number of aromatic nitrogens is 1. The molecule has 1 aliphatic rings. The van der Waals surface area contributed by atoms with Crippen LogP contribution in [-0.4, -0.2) is 36.6 Å². The van der Waals surface area contributed by atoms with Crippen molar-refractivity contribution in [1.82, 2.24) is 10.3 Å². The van der Waals surface area contributed by atoms with Crippen molar-refractivity contribution in [2.75, 3.05) is 23.8 Å². The van der Waals surface area contributed by atoms with E-state index in [4.69, 9.17) is 11.6 Å². The Balaban J connectivity index is 1.42. The lowest BCUT2D eigenvalue weighted by Crippen LogP contribution is -2.48. The zero-order chi connectivity index (χ0) is 24.8. The van der Waals surface area contributed by atoms with E-state index >= 15 is 0 Å². The van der Waals surface area contributed by atoms with Gasteiger partial charge in [0.05, 0.1) is 5.02 Å². The molecule has 1 heterocycles. The first-order valence-electron chi connectivity index (χ1n) is 12.1. The van der Waals surface area contributed by atoms with Gasteiger partial charge in [-0.1, -0.05) is 54.8 Å². The molecule has 184 valence electrons. The van der Waals surface area contributed by atoms with Crippen LogP contribution >= 0.6 is 11.6 Å². The predicted octanol–water partition coefficient (Wildman–Crippen LogP) is 6.01. The Labute approximate surface area is 211 Å². The summed E-state index contributed by atoms with van der Waals surface area (Å²) in [6, 6.07) is 16.6. The van der Waals surface area contributed by atoms with Crippen LogP contribution in [0, 0.1) is 12.7 Å². The Morgan fingerprint density at radius 2 is 1.86 bits per heavy atom. The molecular weight excluding hydrogens is 463 g/mol. The van der Waals surface area contributed by atoms with E-state index in [0.717, 1.165) is 55.7 Å². The van der Waals surface area contributed by atoms with E-state index in [1.165, 1.54) is 23.8 Å². The third-order valence-corrected chi connectivity index (χ3v) is 6.95. The van der Waals surface area contributed by atoms with Gasteiger partial charge >= 0.3 is 0 Å². The van der Waals surface area contributed by atoms with Gasteiger partial charge in [-0.3, -0.25) is 4.79 Å². The average Bonchev–Trinajstić information content (AvgIpc) is 2.87. The van der Waals surface area contributed by atoms with Gasteiger partial charge < -0.3 is 15.5 Å². The number of pyridine rings is 1. The minimum atomic E-state index is -0.532. The summed E-state index contributed by atoms with van der Waals surface area (Å²) < 4.78 is 13.5. The lowest BCUT2D eigenvalue weighted by atomic mass is 9.90. The van der Waals surface area contributed by atoms with E-state index in [-0.39, 0.29) is 23.0 Å². The van der Waals surface area contributed by atoms with Crippen molar-refractivity contribution in [1.29, 1.82) is 0 Å². The number of halogens is 2. The van der Waals surface area contributed by atoms with Gasteiger partial charge in [-0.15, -0.1) is 0 Å². The molecule has 1 aliphatic carbocycles. The van der Waals surface area contributed by atoms with Crippen molar-refractivity contribution in [3.8, 4) is 0 Å². The molecule has 3 aromatic rings. The molecular formula is C28H32ClFN4O. The summed E-state index contributed by atoms with van der Waals surface area (Å²) >= 11 is 5.87. The van der Waals surface area contributed by atoms with Crippen LogP contribution in [0.4, 0.5) is 15.9 Å². The Morgan fingerprint density at radius 3 is 2.60 bits per heavy atom. The van der Waals surface area contributed by atoms with E-state index in [0.29, 0.717) is 5.56 Å². The zero-order valence-corrected chi connectivity index (χ0v) is 21.0. The first-order chi connectivity index (χ1) is 16.9. The molecule has 1 amide bonds. The van der Waals surface area contributed by atoms with E-state index < -0.39 is 5.82 Å². The fourth-order valence-electron chi connectivity index (χ4n) is 4.62. The Hall–Kier alpha value is -3.12. The Bertz CT molecular complexity index is 1160. The molecule has 4 rings (SSSR count). The van der Waals surface area contributed by atoms with Crippen LogP contribution in [0.1, 0.15) is 47.2 Å². The number of carbonyl (C=O) groups excluding carboxylic acids is 1. The maximum Gasteiger partial charge on any atom is 0.251 e. The molecule has 0 spiro atoms. The van der Waals surface area contributed by atoms with Gasteiger partial charge in [-0.2, -0.15) is 0 Å². The standard InChI is InChI=1S/C28H32ClFN4O/c1-19-18-31-27(17-26(19)34(2)15-14-20-8-4-3-5-9-20)32-24-10-6-7-11-25(24)33-28(35)21-12-13-23(30)22(29)16-21/h3-5,8-9,12-13,16-18,24-25H,6-7,10-11,14-15H2,1-2H3,(H,31,32)(H,33,35). The fourth-order valence-corrected chi connectivity index (χ4v) is 4.80. The molecule has 2 unspecified atom stereocenters. The van der Waals surface area contributed by atoms with E-state index in [1.54, 1.807) is 0 Å². The van der Waals surface area contributed by atoms with Gasteiger partial charge in [0, 0.05) is 49.2 Å². The van der Waals surface area contributed by atoms with Gasteiger partial charge in [0.2, 0.25) is 0 Å². The number of likely N-dealkylation sites (N-methyl/N-ethyl adjacent to an activating group) is 1. The molecule has 1 fully saturated rings. The second kappa shape index (κ2) is 11.5. The number of hydrogen-bond donors (Lipinski definition) is 2. The van der Waals surface area contributed by atoms with Crippen LogP contribution in [0.3, 0.4) is 0 Å². The predicted molar refractivity (Wildman–Crippen MR) is 141 cm³/mol. The number of anilines is 2. The smallest absolute Gasteiger partial charge is 0.251 e. The first kappa shape index (κ1) is 25.0. The third-order valence-electron chi connectivity index (χ3n) is 6.66. The number of carbonyl (C=O) groups is 1. The summed E-state index contributed by atoms with van der Waals surface area (Å²) in [5.74, 6) is 0.0207. The molecule has 1 aromatic heterocycles. The first-order valence-corrected chi connectivity index (χ1v) is 12.5. The number of amides is 1. The minimum Gasteiger partial charge on any atom is -0.374 e. The Morgan fingerprint density at radius 1 is 1.11 bits per heavy atom. The lowest BCUT2D eigenvalue weighted by Gasteiger charge is -2.33. The summed E-state index contributed by atoms with van der Waals surface area (Å²) in [6.45, 7) is 2.97. The van der Waals surface area contributed by atoms with E-state index in [1.807, 2.05) is 12.3 Å². The summed E-state index contributed by atoms with van der Waals surface area (Å²) in [5, 5.41) is 6.63.